The topological polar surface area (TPSA) is 83.8 Å². The SMILES string of the molecule is Cc1ccc(C(=O)Nc2ccc(C)c(-c3nc4ncc(-c5ccccc5)cc4[nH]3)c2)o1. The molecule has 3 aromatic heterocycles. The summed E-state index contributed by atoms with van der Waals surface area (Å²) in [4.78, 5) is 25.0. The minimum absolute atomic E-state index is 0.279. The molecule has 0 aliphatic rings. The maximum atomic E-state index is 12.4. The number of amides is 1. The number of aromatic amines is 1. The summed E-state index contributed by atoms with van der Waals surface area (Å²) >= 11 is 0. The van der Waals surface area contributed by atoms with Crippen LogP contribution in [0.1, 0.15) is 21.9 Å². The molecule has 6 heteroatoms. The number of hydrogen-bond acceptors (Lipinski definition) is 4. The summed E-state index contributed by atoms with van der Waals surface area (Å²) in [5.41, 5.74) is 6.22. The number of hydrogen-bond donors (Lipinski definition) is 2. The highest BCUT2D eigenvalue weighted by Crippen LogP contribution is 2.28. The molecule has 31 heavy (non-hydrogen) atoms. The van der Waals surface area contributed by atoms with E-state index in [0.717, 1.165) is 27.8 Å². The molecular formula is C25H20N4O2. The van der Waals surface area contributed by atoms with Crippen LogP contribution >= 0.6 is 0 Å². The van der Waals surface area contributed by atoms with Gasteiger partial charge in [0.2, 0.25) is 0 Å². The number of H-pyrrole nitrogens is 1. The Kier molecular flexibility index (Phi) is 4.59. The van der Waals surface area contributed by atoms with Gasteiger partial charge in [-0.05, 0) is 55.3 Å². The fourth-order valence-electron chi connectivity index (χ4n) is 3.52. The van der Waals surface area contributed by atoms with Crippen LogP contribution in [0.2, 0.25) is 0 Å². The second-order valence-corrected chi connectivity index (χ2v) is 7.44. The third-order valence-corrected chi connectivity index (χ3v) is 5.16. The van der Waals surface area contributed by atoms with Crippen LogP contribution in [0.15, 0.2) is 77.3 Å². The molecule has 0 bridgehead atoms. The van der Waals surface area contributed by atoms with E-state index in [-0.39, 0.29) is 11.7 Å². The molecule has 0 aliphatic carbocycles. The number of aromatic nitrogens is 3. The van der Waals surface area contributed by atoms with Gasteiger partial charge in [-0.1, -0.05) is 36.4 Å². The van der Waals surface area contributed by atoms with Gasteiger partial charge in [0, 0.05) is 23.0 Å². The molecule has 0 spiro atoms. The smallest absolute Gasteiger partial charge is 0.291 e. The number of nitrogens with one attached hydrogen (secondary N) is 2. The van der Waals surface area contributed by atoms with Gasteiger partial charge < -0.3 is 14.7 Å². The van der Waals surface area contributed by atoms with E-state index in [2.05, 4.69) is 32.4 Å². The molecule has 5 rings (SSSR count). The van der Waals surface area contributed by atoms with Crippen LogP contribution in [0.25, 0.3) is 33.7 Å². The van der Waals surface area contributed by atoms with Crippen molar-refractivity contribution in [1.29, 1.82) is 0 Å². The molecular weight excluding hydrogens is 388 g/mol. The first-order valence-corrected chi connectivity index (χ1v) is 9.97. The van der Waals surface area contributed by atoms with Crippen LogP contribution in [0.5, 0.6) is 0 Å². The van der Waals surface area contributed by atoms with Crippen LogP contribution in [0.4, 0.5) is 5.69 Å². The maximum Gasteiger partial charge on any atom is 0.291 e. The molecule has 0 saturated carbocycles. The van der Waals surface area contributed by atoms with Crippen molar-refractivity contribution in [2.24, 2.45) is 0 Å². The van der Waals surface area contributed by atoms with E-state index in [9.17, 15) is 4.79 Å². The van der Waals surface area contributed by atoms with Gasteiger partial charge in [-0.15, -0.1) is 0 Å². The molecule has 6 nitrogen and oxygen atoms in total. The van der Waals surface area contributed by atoms with Crippen molar-refractivity contribution in [3.63, 3.8) is 0 Å². The average Bonchev–Trinajstić information content (AvgIpc) is 3.41. The number of fused-ring (bicyclic) bond motifs is 1. The molecule has 0 radical (unpaired) electrons. The van der Waals surface area contributed by atoms with E-state index in [0.29, 0.717) is 22.9 Å². The average molecular weight is 408 g/mol. The highest BCUT2D eigenvalue weighted by atomic mass is 16.3. The van der Waals surface area contributed by atoms with Gasteiger partial charge in [0.1, 0.15) is 11.6 Å². The number of carbonyl (C=O) groups is 1. The van der Waals surface area contributed by atoms with E-state index < -0.39 is 0 Å². The lowest BCUT2D eigenvalue weighted by atomic mass is 10.1. The third kappa shape index (κ3) is 3.71. The van der Waals surface area contributed by atoms with E-state index in [1.54, 1.807) is 19.1 Å². The van der Waals surface area contributed by atoms with Crippen molar-refractivity contribution in [1.82, 2.24) is 15.0 Å². The summed E-state index contributed by atoms with van der Waals surface area (Å²) in [5, 5.41) is 2.88. The lowest BCUT2D eigenvalue weighted by Crippen LogP contribution is -2.11. The Morgan fingerprint density at radius 2 is 1.81 bits per heavy atom. The van der Waals surface area contributed by atoms with Gasteiger partial charge in [-0.2, -0.15) is 0 Å². The molecule has 0 fully saturated rings. The number of nitrogens with zero attached hydrogens (tertiary/aromatic N) is 2. The summed E-state index contributed by atoms with van der Waals surface area (Å²) in [6, 6.07) is 21.3. The summed E-state index contributed by atoms with van der Waals surface area (Å²) in [6.07, 6.45) is 1.83. The van der Waals surface area contributed by atoms with Gasteiger partial charge >= 0.3 is 0 Å². The molecule has 2 aromatic carbocycles. The summed E-state index contributed by atoms with van der Waals surface area (Å²) in [7, 11) is 0. The molecule has 1 amide bonds. The number of anilines is 1. The van der Waals surface area contributed by atoms with Gasteiger partial charge in [0.15, 0.2) is 11.4 Å². The van der Waals surface area contributed by atoms with Crippen molar-refractivity contribution < 1.29 is 9.21 Å². The zero-order chi connectivity index (χ0) is 21.4. The Bertz CT molecular complexity index is 1400. The number of imidazole rings is 1. The second-order valence-electron chi connectivity index (χ2n) is 7.44. The Hall–Kier alpha value is -4.19. The zero-order valence-corrected chi connectivity index (χ0v) is 17.1. The number of furan rings is 1. The number of benzene rings is 2. The van der Waals surface area contributed by atoms with Gasteiger partial charge in [-0.25, -0.2) is 9.97 Å². The standard InChI is InChI=1S/C25H20N4O2/c1-15-8-10-19(27-25(30)22-11-9-16(2)31-22)13-20(15)23-28-21-12-18(14-26-24(21)29-23)17-6-4-3-5-7-17/h3-14H,1-2H3,(H,27,30)(H,26,28,29). The van der Waals surface area contributed by atoms with Gasteiger partial charge in [0.05, 0.1) is 5.52 Å². The fraction of sp³-hybridized carbons (Fsp3) is 0.0800. The minimum Gasteiger partial charge on any atom is -0.456 e. The lowest BCUT2D eigenvalue weighted by Gasteiger charge is -2.08. The Morgan fingerprint density at radius 1 is 0.968 bits per heavy atom. The Labute approximate surface area is 179 Å². The predicted molar refractivity (Wildman–Crippen MR) is 121 cm³/mol. The third-order valence-electron chi connectivity index (χ3n) is 5.16. The van der Waals surface area contributed by atoms with Crippen molar-refractivity contribution >= 4 is 22.8 Å². The summed E-state index contributed by atoms with van der Waals surface area (Å²) in [6.45, 7) is 3.81. The van der Waals surface area contributed by atoms with Crippen molar-refractivity contribution in [2.75, 3.05) is 5.32 Å². The molecule has 2 N–H and O–H groups in total. The molecule has 5 aromatic rings. The first-order valence-electron chi connectivity index (χ1n) is 9.97. The Morgan fingerprint density at radius 3 is 2.58 bits per heavy atom. The number of aryl methyl sites for hydroxylation is 2. The fourth-order valence-corrected chi connectivity index (χ4v) is 3.52. The monoisotopic (exact) mass is 408 g/mol. The first-order chi connectivity index (χ1) is 15.1. The number of rotatable bonds is 4. The predicted octanol–water partition coefficient (Wildman–Crippen LogP) is 5.75. The van der Waals surface area contributed by atoms with E-state index in [4.69, 9.17) is 4.42 Å². The number of carbonyl (C=O) groups excluding carboxylic acids is 1. The van der Waals surface area contributed by atoms with Crippen molar-refractivity contribution in [3.8, 4) is 22.5 Å². The van der Waals surface area contributed by atoms with Gasteiger partial charge in [0.25, 0.3) is 5.91 Å². The lowest BCUT2D eigenvalue weighted by molar-refractivity contribution is 0.0995. The van der Waals surface area contributed by atoms with Gasteiger partial charge in [-0.3, -0.25) is 4.79 Å². The maximum absolute atomic E-state index is 12.4. The van der Waals surface area contributed by atoms with Crippen LogP contribution in [-0.2, 0) is 0 Å². The highest BCUT2D eigenvalue weighted by molar-refractivity contribution is 6.02. The Balaban J connectivity index is 1.48. The first kappa shape index (κ1) is 18.8. The zero-order valence-electron chi connectivity index (χ0n) is 17.1. The molecule has 152 valence electrons. The van der Waals surface area contributed by atoms with E-state index >= 15 is 0 Å². The molecule has 0 atom stereocenters. The highest BCUT2D eigenvalue weighted by Gasteiger charge is 2.14. The molecule has 0 unspecified atom stereocenters. The summed E-state index contributed by atoms with van der Waals surface area (Å²) in [5.74, 6) is 1.39. The molecule has 0 saturated heterocycles. The van der Waals surface area contributed by atoms with Crippen molar-refractivity contribution in [3.05, 3.63) is 90.0 Å². The van der Waals surface area contributed by atoms with Crippen LogP contribution < -0.4 is 5.32 Å². The quantitative estimate of drug-likeness (QED) is 0.396. The normalized spacial score (nSPS) is 11.0. The molecule has 3 heterocycles. The largest absolute Gasteiger partial charge is 0.456 e. The summed E-state index contributed by atoms with van der Waals surface area (Å²) < 4.78 is 5.40. The van der Waals surface area contributed by atoms with E-state index in [1.165, 1.54) is 0 Å². The van der Waals surface area contributed by atoms with Crippen LogP contribution in [-0.4, -0.2) is 20.9 Å². The second kappa shape index (κ2) is 7.57. The van der Waals surface area contributed by atoms with E-state index in [1.807, 2.05) is 55.6 Å². The number of pyridine rings is 1. The van der Waals surface area contributed by atoms with Crippen LogP contribution in [0, 0.1) is 13.8 Å². The van der Waals surface area contributed by atoms with Crippen molar-refractivity contribution in [2.45, 2.75) is 13.8 Å². The molecule has 0 aliphatic heterocycles. The van der Waals surface area contributed by atoms with Crippen LogP contribution in [0.3, 0.4) is 0 Å². The minimum atomic E-state index is -0.290.